The van der Waals surface area contributed by atoms with Crippen molar-refractivity contribution in [2.45, 2.75) is 32.7 Å². The maximum Gasteiger partial charge on any atom is 0.307 e. The minimum atomic E-state index is -0.107. The zero-order chi connectivity index (χ0) is 11.3. The largest absolute Gasteiger partial charge is 0.466 e. The van der Waals surface area contributed by atoms with Gasteiger partial charge in [0.25, 0.3) is 0 Å². The van der Waals surface area contributed by atoms with Crippen LogP contribution in [-0.2, 0) is 9.53 Å². The third-order valence-corrected chi connectivity index (χ3v) is 2.71. The Balaban J connectivity index is 2.23. The van der Waals surface area contributed by atoms with E-state index in [2.05, 4.69) is 11.8 Å². The van der Waals surface area contributed by atoms with Gasteiger partial charge in [-0.2, -0.15) is 0 Å². The van der Waals surface area contributed by atoms with Crippen molar-refractivity contribution in [1.29, 1.82) is 0 Å². The van der Waals surface area contributed by atoms with E-state index in [0.29, 0.717) is 18.9 Å². The summed E-state index contributed by atoms with van der Waals surface area (Å²) in [5.41, 5.74) is 5.92. The summed E-state index contributed by atoms with van der Waals surface area (Å²) < 4.78 is 4.89. The second-order valence-electron chi connectivity index (χ2n) is 4.42. The number of hydrogen-bond donors (Lipinski definition) is 1. The molecule has 4 heteroatoms. The monoisotopic (exact) mass is 214 g/mol. The quantitative estimate of drug-likeness (QED) is 0.697. The number of likely N-dealkylation sites (tertiary alicyclic amines) is 1. The van der Waals surface area contributed by atoms with Gasteiger partial charge in [0.1, 0.15) is 0 Å². The fourth-order valence-corrected chi connectivity index (χ4v) is 2.18. The van der Waals surface area contributed by atoms with Crippen LogP contribution in [0.1, 0.15) is 26.7 Å². The van der Waals surface area contributed by atoms with Gasteiger partial charge in [-0.1, -0.05) is 6.92 Å². The number of esters is 1. The van der Waals surface area contributed by atoms with E-state index in [9.17, 15) is 4.79 Å². The predicted molar refractivity (Wildman–Crippen MR) is 59.4 cm³/mol. The van der Waals surface area contributed by atoms with Crippen molar-refractivity contribution in [2.75, 3.05) is 26.2 Å². The molecule has 0 aliphatic carbocycles. The Morgan fingerprint density at radius 1 is 1.53 bits per heavy atom. The molecule has 1 saturated heterocycles. The Bertz CT molecular complexity index is 199. The summed E-state index contributed by atoms with van der Waals surface area (Å²) in [7, 11) is 0. The van der Waals surface area contributed by atoms with E-state index in [1.807, 2.05) is 6.92 Å². The molecule has 1 fully saturated rings. The molecule has 1 aliphatic heterocycles. The Morgan fingerprint density at radius 3 is 2.87 bits per heavy atom. The van der Waals surface area contributed by atoms with Gasteiger partial charge in [0.15, 0.2) is 0 Å². The van der Waals surface area contributed by atoms with Gasteiger partial charge in [-0.15, -0.1) is 0 Å². The molecule has 0 saturated carbocycles. The lowest BCUT2D eigenvalue weighted by molar-refractivity contribution is -0.143. The number of piperidine rings is 1. The molecule has 2 atom stereocenters. The molecule has 1 heterocycles. The molecule has 0 bridgehead atoms. The molecule has 0 aromatic heterocycles. The van der Waals surface area contributed by atoms with Crippen molar-refractivity contribution < 1.29 is 9.53 Å². The van der Waals surface area contributed by atoms with Crippen LogP contribution in [-0.4, -0.2) is 43.2 Å². The van der Waals surface area contributed by atoms with E-state index in [0.717, 1.165) is 26.1 Å². The van der Waals surface area contributed by atoms with Crippen LogP contribution in [0.3, 0.4) is 0 Å². The molecule has 0 spiro atoms. The van der Waals surface area contributed by atoms with E-state index in [-0.39, 0.29) is 12.0 Å². The minimum Gasteiger partial charge on any atom is -0.466 e. The average molecular weight is 214 g/mol. The first-order valence-corrected chi connectivity index (χ1v) is 5.75. The number of carbonyl (C=O) groups excluding carboxylic acids is 1. The van der Waals surface area contributed by atoms with Crippen molar-refractivity contribution in [2.24, 2.45) is 11.7 Å². The van der Waals surface area contributed by atoms with Gasteiger partial charge in [-0.25, -0.2) is 0 Å². The van der Waals surface area contributed by atoms with Gasteiger partial charge in [0.05, 0.1) is 13.0 Å². The highest BCUT2D eigenvalue weighted by atomic mass is 16.5. The highest BCUT2D eigenvalue weighted by Crippen LogP contribution is 2.14. The maximum absolute atomic E-state index is 11.2. The molecule has 0 aromatic rings. The van der Waals surface area contributed by atoms with Crippen LogP contribution in [0.25, 0.3) is 0 Å². The third-order valence-electron chi connectivity index (χ3n) is 2.71. The van der Waals surface area contributed by atoms with Gasteiger partial charge in [0, 0.05) is 25.7 Å². The van der Waals surface area contributed by atoms with E-state index in [1.54, 1.807) is 0 Å². The van der Waals surface area contributed by atoms with Crippen molar-refractivity contribution in [3.63, 3.8) is 0 Å². The molecule has 1 aliphatic rings. The lowest BCUT2D eigenvalue weighted by Gasteiger charge is -2.34. The van der Waals surface area contributed by atoms with Gasteiger partial charge >= 0.3 is 5.97 Å². The van der Waals surface area contributed by atoms with Crippen LogP contribution in [0, 0.1) is 5.92 Å². The number of nitrogens with zero attached hydrogens (tertiary/aromatic N) is 1. The predicted octanol–water partition coefficient (Wildman–Crippen LogP) is 0.609. The minimum absolute atomic E-state index is 0.107. The average Bonchev–Trinajstić information content (AvgIpc) is 2.14. The van der Waals surface area contributed by atoms with E-state index < -0.39 is 0 Å². The van der Waals surface area contributed by atoms with Gasteiger partial charge in [0.2, 0.25) is 0 Å². The molecule has 2 unspecified atom stereocenters. The summed E-state index contributed by atoms with van der Waals surface area (Å²) in [6.45, 7) is 7.23. The summed E-state index contributed by atoms with van der Waals surface area (Å²) in [4.78, 5) is 13.4. The normalized spacial score (nSPS) is 27.7. The standard InChI is InChI=1S/C11H22N2O2/c1-3-15-11(14)4-5-13-7-9(2)6-10(12)8-13/h9-10H,3-8,12H2,1-2H3. The molecule has 2 N–H and O–H groups in total. The topological polar surface area (TPSA) is 55.6 Å². The van der Waals surface area contributed by atoms with Crippen molar-refractivity contribution in [3.05, 3.63) is 0 Å². The zero-order valence-corrected chi connectivity index (χ0v) is 9.74. The van der Waals surface area contributed by atoms with Crippen molar-refractivity contribution in [3.8, 4) is 0 Å². The first-order chi connectivity index (χ1) is 7.11. The number of hydrogen-bond acceptors (Lipinski definition) is 4. The second kappa shape index (κ2) is 6.08. The molecular weight excluding hydrogens is 192 g/mol. The zero-order valence-electron chi connectivity index (χ0n) is 9.74. The van der Waals surface area contributed by atoms with Crippen molar-refractivity contribution >= 4 is 5.97 Å². The smallest absolute Gasteiger partial charge is 0.307 e. The summed E-state index contributed by atoms with van der Waals surface area (Å²) in [5, 5.41) is 0. The molecule has 0 radical (unpaired) electrons. The van der Waals surface area contributed by atoms with Crippen LogP contribution in [0.2, 0.25) is 0 Å². The Hall–Kier alpha value is -0.610. The fraction of sp³-hybridized carbons (Fsp3) is 0.909. The third kappa shape index (κ3) is 4.62. The Kier molecular flexibility index (Phi) is 5.05. The lowest BCUT2D eigenvalue weighted by Crippen LogP contribution is -2.46. The lowest BCUT2D eigenvalue weighted by atomic mass is 9.96. The van der Waals surface area contributed by atoms with Crippen molar-refractivity contribution in [1.82, 2.24) is 4.90 Å². The number of carbonyl (C=O) groups is 1. The SMILES string of the molecule is CCOC(=O)CCN1CC(C)CC(N)C1. The first-order valence-electron chi connectivity index (χ1n) is 5.75. The van der Waals surface area contributed by atoms with Crippen LogP contribution in [0.5, 0.6) is 0 Å². The first kappa shape index (κ1) is 12.5. The number of ether oxygens (including phenoxy) is 1. The fourth-order valence-electron chi connectivity index (χ4n) is 2.18. The molecule has 0 aromatic carbocycles. The number of nitrogens with two attached hydrogens (primary N) is 1. The Labute approximate surface area is 91.8 Å². The molecule has 4 nitrogen and oxygen atoms in total. The molecular formula is C11H22N2O2. The van der Waals surface area contributed by atoms with E-state index in [4.69, 9.17) is 10.5 Å². The molecule has 15 heavy (non-hydrogen) atoms. The van der Waals surface area contributed by atoms with E-state index in [1.165, 1.54) is 0 Å². The summed E-state index contributed by atoms with van der Waals surface area (Å²) in [5.74, 6) is 0.528. The highest BCUT2D eigenvalue weighted by Gasteiger charge is 2.22. The highest BCUT2D eigenvalue weighted by molar-refractivity contribution is 5.69. The van der Waals surface area contributed by atoms with Gasteiger partial charge in [-0.3, -0.25) is 4.79 Å². The van der Waals surface area contributed by atoms with Gasteiger partial charge < -0.3 is 15.4 Å². The number of rotatable bonds is 4. The van der Waals surface area contributed by atoms with Gasteiger partial charge in [-0.05, 0) is 19.3 Å². The molecule has 88 valence electrons. The molecule has 0 amide bonds. The van der Waals surface area contributed by atoms with Crippen LogP contribution >= 0.6 is 0 Å². The summed E-state index contributed by atoms with van der Waals surface area (Å²) >= 11 is 0. The summed E-state index contributed by atoms with van der Waals surface area (Å²) in [6.07, 6.45) is 1.57. The maximum atomic E-state index is 11.2. The van der Waals surface area contributed by atoms with E-state index >= 15 is 0 Å². The summed E-state index contributed by atoms with van der Waals surface area (Å²) in [6, 6.07) is 0.260. The molecule has 1 rings (SSSR count). The second-order valence-corrected chi connectivity index (χ2v) is 4.42. The Morgan fingerprint density at radius 2 is 2.27 bits per heavy atom. The van der Waals surface area contributed by atoms with Crippen LogP contribution in [0.15, 0.2) is 0 Å². The van der Waals surface area contributed by atoms with Crippen LogP contribution < -0.4 is 5.73 Å². The van der Waals surface area contributed by atoms with Crippen LogP contribution in [0.4, 0.5) is 0 Å².